The monoisotopic (exact) mass is 1600 g/mol. The number of nitrogens with two attached hydrogens (primary N) is 5. The van der Waals surface area contributed by atoms with Gasteiger partial charge in [-0.1, -0.05) is 195 Å². The van der Waals surface area contributed by atoms with Crippen LogP contribution in [0.2, 0.25) is 5.02 Å². The van der Waals surface area contributed by atoms with Crippen molar-refractivity contribution in [3.05, 3.63) is 174 Å². The van der Waals surface area contributed by atoms with Crippen LogP contribution in [0.25, 0.3) is 52.9 Å². The molecule has 5 atom stereocenters. The van der Waals surface area contributed by atoms with Crippen LogP contribution in [0.4, 0.5) is 0 Å². The molecule has 0 bridgehead atoms. The minimum atomic E-state index is -0.127. The van der Waals surface area contributed by atoms with E-state index in [1.165, 1.54) is 96.7 Å². The van der Waals surface area contributed by atoms with E-state index in [1.54, 1.807) is 11.3 Å². The van der Waals surface area contributed by atoms with Gasteiger partial charge >= 0.3 is 0 Å². The Bertz CT molecular complexity index is 4220. The molecule has 0 spiro atoms. The summed E-state index contributed by atoms with van der Waals surface area (Å²) in [6.45, 7) is 17.1. The lowest BCUT2D eigenvalue weighted by Crippen LogP contribution is -2.26. The highest BCUT2D eigenvalue weighted by Gasteiger charge is 2.24. The smallest absolute Gasteiger partial charge is 0.217 e. The van der Waals surface area contributed by atoms with Crippen molar-refractivity contribution in [2.75, 3.05) is 32.7 Å². The summed E-state index contributed by atoms with van der Waals surface area (Å²) < 4.78 is 0. The lowest BCUT2D eigenvalue weighted by molar-refractivity contribution is -0.120. The highest BCUT2D eigenvalue weighted by atomic mass is 35.5. The summed E-state index contributed by atoms with van der Waals surface area (Å²) in [5.74, 6) is -0.281. The Morgan fingerprint density at radius 1 is 0.321 bits per heavy atom. The zero-order valence-corrected chi connectivity index (χ0v) is 68.3. The molecule has 0 aliphatic heterocycles. The topological polar surface area (TPSA) is 404 Å². The Hall–Kier alpha value is -8.66. The third-order valence-corrected chi connectivity index (χ3v) is 22.1. The molecule has 0 saturated heterocycles. The quantitative estimate of drug-likeness (QED) is 0.0165. The Morgan fingerprint density at radius 2 is 0.615 bits per heavy atom. The van der Waals surface area contributed by atoms with Gasteiger partial charge in [0.25, 0.3) is 0 Å². The average Bonchev–Trinajstić information content (AvgIpc) is 1.73. The van der Waals surface area contributed by atoms with Gasteiger partial charge in [0.2, 0.25) is 29.5 Å². The Labute approximate surface area is 665 Å². The van der Waals surface area contributed by atoms with Gasteiger partial charge in [0.15, 0.2) is 0 Å². The van der Waals surface area contributed by atoms with Gasteiger partial charge in [0.05, 0.1) is 35.2 Å². The summed E-state index contributed by atoms with van der Waals surface area (Å²) >= 11 is 13.8. The van der Waals surface area contributed by atoms with Crippen molar-refractivity contribution in [3.8, 4) is 52.9 Å². The molecule has 10 rings (SSSR count). The molecule has 584 valence electrons. The fraction of sp³-hybridized carbons (Fsp3) is 0.423. The van der Waals surface area contributed by atoms with E-state index < -0.39 is 0 Å². The Morgan fingerprint density at radius 3 is 0.954 bits per heavy atom. The number of aryl methyl sites for hydroxylation is 3. The van der Waals surface area contributed by atoms with Crippen LogP contribution in [0.15, 0.2) is 127 Å². The van der Waals surface area contributed by atoms with Crippen molar-refractivity contribution in [1.29, 1.82) is 0 Å². The number of nitrogens with one attached hydrogen (secondary N) is 5. The van der Waals surface area contributed by atoms with Crippen LogP contribution in [0.1, 0.15) is 203 Å². The minimum Gasteiger partial charge on any atom is -0.347 e. The summed E-state index contributed by atoms with van der Waals surface area (Å²) in [7, 11) is 0. The third-order valence-electron chi connectivity index (χ3n) is 16.4. The third kappa shape index (κ3) is 32.1. The molecule has 0 aliphatic carbocycles. The molecular weight excluding hydrogens is 1490 g/mol. The van der Waals surface area contributed by atoms with E-state index in [4.69, 9.17) is 40.3 Å². The molecule has 0 fully saturated rings. The number of hydrogen-bond acceptors (Lipinski definition) is 25. The predicted octanol–water partition coefficient (Wildman–Crippen LogP) is 14.1. The number of carbonyl (C=O) groups is 5. The highest BCUT2D eigenvalue weighted by molar-refractivity contribution is 7.16. The maximum Gasteiger partial charge on any atom is 0.217 e. The average molecular weight is 1600 g/mol. The van der Waals surface area contributed by atoms with E-state index in [1.807, 2.05) is 97.1 Å². The van der Waals surface area contributed by atoms with E-state index in [2.05, 4.69) is 129 Å². The van der Waals surface area contributed by atoms with Gasteiger partial charge < -0.3 is 55.3 Å². The number of benzene rings is 5. The zero-order chi connectivity index (χ0) is 78.9. The van der Waals surface area contributed by atoms with E-state index >= 15 is 0 Å². The van der Waals surface area contributed by atoms with Gasteiger partial charge in [-0.3, -0.25) is 24.0 Å². The van der Waals surface area contributed by atoms with Crippen molar-refractivity contribution in [3.63, 3.8) is 0 Å². The second-order valence-corrected chi connectivity index (χ2v) is 31.3. The zero-order valence-electron chi connectivity index (χ0n) is 63.5. The number of amides is 5. The van der Waals surface area contributed by atoms with Crippen LogP contribution in [-0.2, 0) is 24.0 Å². The van der Waals surface area contributed by atoms with Crippen LogP contribution in [0.3, 0.4) is 0 Å². The first kappa shape index (κ1) is 89.2. The Kier molecular flexibility index (Phi) is 40.5. The van der Waals surface area contributed by atoms with Crippen molar-refractivity contribution < 1.29 is 24.0 Å². The van der Waals surface area contributed by atoms with Crippen LogP contribution in [0, 0.1) is 20.8 Å². The molecule has 31 heteroatoms. The van der Waals surface area contributed by atoms with Gasteiger partial charge in [0.1, 0.15) is 50.1 Å². The van der Waals surface area contributed by atoms with Crippen LogP contribution >= 0.6 is 68.3 Å². The summed E-state index contributed by atoms with van der Waals surface area (Å²) in [4.78, 5) is 57.0. The predicted molar refractivity (Wildman–Crippen MR) is 443 cm³/mol. The second kappa shape index (κ2) is 49.5. The molecule has 0 aliphatic rings. The number of nitrogens with zero attached hydrogens (tertiary/aromatic N) is 10. The van der Waals surface area contributed by atoms with E-state index in [0.717, 1.165) is 174 Å². The van der Waals surface area contributed by atoms with Crippen LogP contribution in [-0.4, -0.2) is 113 Å². The highest BCUT2D eigenvalue weighted by Crippen LogP contribution is 2.36. The molecule has 5 heterocycles. The molecule has 25 nitrogen and oxygen atoms in total. The maximum atomic E-state index is 11.4. The maximum absolute atomic E-state index is 11.4. The van der Waals surface area contributed by atoms with E-state index in [-0.39, 0.29) is 59.7 Å². The second-order valence-electron chi connectivity index (χ2n) is 25.8. The largest absolute Gasteiger partial charge is 0.347 e. The summed E-state index contributed by atoms with van der Waals surface area (Å²) in [5.41, 5.74) is 36.3. The molecule has 5 amide bonds. The van der Waals surface area contributed by atoms with Gasteiger partial charge in [-0.05, 0) is 168 Å². The number of carbonyl (C=O) groups excluding carboxylic acids is 5. The number of hydrogen-bond donors (Lipinski definition) is 10. The summed E-state index contributed by atoms with van der Waals surface area (Å²) in [6.07, 6.45) is 13.6. The first-order valence-corrected chi connectivity index (χ1v) is 41.1. The molecule has 5 aromatic heterocycles. The first-order valence-electron chi connectivity index (χ1n) is 36.7. The molecule has 0 radical (unpaired) electrons. The number of aromatic nitrogens is 10. The molecule has 109 heavy (non-hydrogen) atoms. The van der Waals surface area contributed by atoms with Gasteiger partial charge in [-0.2, -0.15) is 0 Å². The molecule has 15 N–H and O–H groups in total. The fourth-order valence-corrected chi connectivity index (χ4v) is 16.0. The molecular formula is C78H105ClN20O5S5. The van der Waals surface area contributed by atoms with Crippen LogP contribution < -0.4 is 55.3 Å². The van der Waals surface area contributed by atoms with E-state index in [0.29, 0.717) is 37.7 Å². The van der Waals surface area contributed by atoms with Gasteiger partial charge in [0, 0.05) is 62.4 Å². The molecule has 10 aromatic rings. The van der Waals surface area contributed by atoms with Crippen LogP contribution in [0.5, 0.6) is 0 Å². The standard InChI is InChI=1S/3C16H22N4OS.C15H19ClN4OS.C15H20N4OS/c1-11-6-5-7-13(10-11)15-19-20-16(22-15)14(18-12(2)21)8-3-4-9-17;1-11-7-3-4-8-13(11)15-19-20-16(22-15)14(18-12(2)21)9-5-6-10-17;1-11-6-8-13(9-7-11)15-19-20-16(22-15)14(18-12(2)21)5-3-4-10-17;1-10(21)18-13(8-4-5-9-17)15-20-19-14(22-15)11-6-2-3-7-12(11)16;1-11(20)17-13(9-5-6-10-16)15-19-18-14(21-15)12-7-3-2-4-8-12/h5-7,10,14H,3-4,8-9,17H2,1-2H3,(H,18,21);3-4,7-8,14H,5-6,9-10,17H2,1-2H3,(H,18,21);6-9,14H,3-5,10,17H2,1-2H3,(H,18,21);2-3,6-7,13H,4-5,8-9,17H2,1H3,(H,18,21);2-4,7-8,13H,5-6,9-10,16H2,1H3,(H,17,20)/t3*14-;2*13-/m00000/s1. The van der Waals surface area contributed by atoms with Crippen molar-refractivity contribution >= 4 is 97.8 Å². The molecule has 0 unspecified atom stereocenters. The summed E-state index contributed by atoms with van der Waals surface area (Å²) in [6, 6.07) is 41.5. The lowest BCUT2D eigenvalue weighted by Gasteiger charge is -2.14. The molecule has 0 saturated carbocycles. The van der Waals surface area contributed by atoms with Crippen molar-refractivity contribution in [1.82, 2.24) is 77.6 Å². The normalized spacial score (nSPS) is 12.1. The van der Waals surface area contributed by atoms with Crippen molar-refractivity contribution in [2.24, 2.45) is 28.7 Å². The number of rotatable bonds is 35. The first-order chi connectivity index (χ1) is 52.6. The lowest BCUT2D eigenvalue weighted by atomic mass is 10.1. The van der Waals surface area contributed by atoms with Gasteiger partial charge in [-0.15, -0.1) is 51.0 Å². The fourth-order valence-electron chi connectivity index (χ4n) is 10.9. The Balaban J connectivity index is 0.000000213. The number of halogens is 1. The van der Waals surface area contributed by atoms with Crippen molar-refractivity contribution in [2.45, 2.75) is 182 Å². The van der Waals surface area contributed by atoms with Gasteiger partial charge in [-0.25, -0.2) is 0 Å². The van der Waals surface area contributed by atoms with E-state index in [9.17, 15) is 24.0 Å². The SMILES string of the molecule is CC(=O)N[C@@H](CCCCN)c1nnc(-c2ccc(C)cc2)s1.CC(=O)N[C@@H](CCCCN)c1nnc(-c2cccc(C)c2)s1.CC(=O)N[C@@H](CCCCN)c1nnc(-c2ccccc2)s1.CC(=O)N[C@@H](CCCCN)c1nnc(-c2ccccc2C)s1.CC(=O)N[C@@H](CCCCN)c1nnc(-c2ccccc2Cl)s1. The molecule has 5 aromatic carbocycles. The minimum absolute atomic E-state index is 0.0506. The number of unbranched alkanes of at least 4 members (excludes halogenated alkanes) is 5. The summed E-state index contributed by atoms with van der Waals surface area (Å²) in [5, 5.41) is 66.5.